The van der Waals surface area contributed by atoms with Crippen LogP contribution in [0.1, 0.15) is 26.7 Å². The molecule has 0 bridgehead atoms. The van der Waals surface area contributed by atoms with Gasteiger partial charge >= 0.3 is 0 Å². The van der Waals surface area contributed by atoms with E-state index in [4.69, 9.17) is 0 Å². The summed E-state index contributed by atoms with van der Waals surface area (Å²) in [6.07, 6.45) is 3.44. The van der Waals surface area contributed by atoms with Crippen LogP contribution < -0.4 is 10.2 Å². The average molecular weight is 270 g/mol. The molecule has 0 unspecified atom stereocenters. The van der Waals surface area contributed by atoms with Gasteiger partial charge in [0.2, 0.25) is 0 Å². The van der Waals surface area contributed by atoms with Crippen molar-refractivity contribution >= 4 is 23.2 Å². The van der Waals surface area contributed by atoms with Crippen molar-refractivity contribution in [3.05, 3.63) is 41.6 Å². The first kappa shape index (κ1) is 14.1. The molecule has 0 atom stereocenters. The molecule has 1 N–H and O–H groups in total. The Hall–Kier alpha value is -2.32. The molecule has 0 radical (unpaired) electrons. The van der Waals surface area contributed by atoms with Gasteiger partial charge in [0.15, 0.2) is 0 Å². The number of carbonyl (C=O) groups is 1. The van der Waals surface area contributed by atoms with Crippen LogP contribution in [-0.2, 0) is 9.59 Å². The first-order valence-electron chi connectivity index (χ1n) is 6.72. The third-order valence-electron chi connectivity index (χ3n) is 3.47. The molecule has 0 spiro atoms. The summed E-state index contributed by atoms with van der Waals surface area (Å²) in [6, 6.07) is 7.51. The number of anilines is 2. The molecule has 1 fully saturated rings. The van der Waals surface area contributed by atoms with E-state index in [0.717, 1.165) is 25.1 Å². The molecule has 1 amide bonds. The highest BCUT2D eigenvalue weighted by Gasteiger charge is 2.22. The van der Waals surface area contributed by atoms with E-state index < -0.39 is 0 Å². The minimum atomic E-state index is -0.129. The predicted molar refractivity (Wildman–Crippen MR) is 80.3 cm³/mol. The molecular weight excluding hydrogens is 252 g/mol. The van der Waals surface area contributed by atoms with Crippen LogP contribution in [0.5, 0.6) is 0 Å². The summed E-state index contributed by atoms with van der Waals surface area (Å²) >= 11 is 0. The summed E-state index contributed by atoms with van der Waals surface area (Å²) in [6.45, 7) is 4.37. The summed E-state index contributed by atoms with van der Waals surface area (Å²) in [5, 5.41) is 2.89. The zero-order chi connectivity index (χ0) is 14.5. The molecule has 0 saturated carbocycles. The van der Waals surface area contributed by atoms with Crippen LogP contribution in [0.4, 0.5) is 11.4 Å². The number of carbonyl (C=O) groups excluding carboxylic acids is 2. The second-order valence-electron chi connectivity index (χ2n) is 4.75. The van der Waals surface area contributed by atoms with Gasteiger partial charge in [0.1, 0.15) is 11.6 Å². The summed E-state index contributed by atoms with van der Waals surface area (Å²) in [4.78, 5) is 24.9. The number of nitrogens with zero attached hydrogens (tertiary/aromatic N) is 1. The Balaban J connectivity index is 2.31. The Kier molecular flexibility index (Phi) is 4.38. The first-order valence-corrected chi connectivity index (χ1v) is 6.72. The number of rotatable bonds is 3. The van der Waals surface area contributed by atoms with Crippen molar-refractivity contribution in [3.63, 3.8) is 0 Å². The fraction of sp³-hybridized carbons (Fsp3) is 0.312. The van der Waals surface area contributed by atoms with Crippen molar-refractivity contribution in [2.24, 2.45) is 0 Å². The van der Waals surface area contributed by atoms with Gasteiger partial charge in [-0.3, -0.25) is 4.79 Å². The number of benzene rings is 1. The lowest BCUT2D eigenvalue weighted by Gasteiger charge is -2.21. The zero-order valence-corrected chi connectivity index (χ0v) is 11.8. The highest BCUT2D eigenvalue weighted by Crippen LogP contribution is 2.32. The molecule has 104 valence electrons. The molecule has 0 aliphatic carbocycles. The highest BCUT2D eigenvalue weighted by molar-refractivity contribution is 6.05. The van der Waals surface area contributed by atoms with Crippen LogP contribution in [0, 0.1) is 0 Å². The van der Waals surface area contributed by atoms with Crippen LogP contribution in [0.2, 0.25) is 0 Å². The second-order valence-corrected chi connectivity index (χ2v) is 4.75. The van der Waals surface area contributed by atoms with Gasteiger partial charge in [-0.25, -0.2) is 4.79 Å². The summed E-state index contributed by atoms with van der Waals surface area (Å²) in [5.41, 5.74) is 2.87. The van der Waals surface area contributed by atoms with Crippen molar-refractivity contribution in [1.82, 2.24) is 0 Å². The monoisotopic (exact) mass is 270 g/mol. The van der Waals surface area contributed by atoms with E-state index in [0.29, 0.717) is 17.0 Å². The zero-order valence-electron chi connectivity index (χ0n) is 11.8. The molecular formula is C16H18N2O2. The molecule has 0 aromatic heterocycles. The SMILES string of the molecule is C/C=C(\C)C(=O)Nc1ccccc1N1CCCC1=C=O. The van der Waals surface area contributed by atoms with Crippen molar-refractivity contribution in [2.75, 3.05) is 16.8 Å². The Morgan fingerprint density at radius 2 is 2.15 bits per heavy atom. The maximum Gasteiger partial charge on any atom is 0.251 e. The third-order valence-corrected chi connectivity index (χ3v) is 3.47. The van der Waals surface area contributed by atoms with Gasteiger partial charge in [-0.2, -0.15) is 0 Å². The highest BCUT2D eigenvalue weighted by atomic mass is 16.1. The standard InChI is InChI=1S/C16H18N2O2/c1-3-12(2)16(20)17-14-8-4-5-9-15(14)18-10-6-7-13(18)11-19/h3-5,8-9H,6-7,10H2,1-2H3,(H,17,20)/b12-3+. The van der Waals surface area contributed by atoms with E-state index >= 15 is 0 Å². The second kappa shape index (κ2) is 6.22. The number of amides is 1. The number of nitrogens with one attached hydrogen (secondary N) is 1. The number of para-hydroxylation sites is 2. The number of hydrogen-bond acceptors (Lipinski definition) is 3. The quantitative estimate of drug-likeness (QED) is 0.678. The molecule has 1 saturated heterocycles. The molecule has 1 aromatic rings. The van der Waals surface area contributed by atoms with Crippen molar-refractivity contribution < 1.29 is 9.59 Å². The smallest absolute Gasteiger partial charge is 0.251 e. The Morgan fingerprint density at radius 3 is 2.85 bits per heavy atom. The van der Waals surface area contributed by atoms with E-state index in [-0.39, 0.29) is 5.91 Å². The third kappa shape index (κ3) is 2.81. The Bertz CT molecular complexity index is 598. The minimum Gasteiger partial charge on any atom is -0.334 e. The van der Waals surface area contributed by atoms with Gasteiger partial charge in [-0.05, 0) is 32.4 Å². The molecule has 20 heavy (non-hydrogen) atoms. The van der Waals surface area contributed by atoms with E-state index in [1.54, 1.807) is 13.0 Å². The molecule has 1 aliphatic heterocycles. The maximum absolute atomic E-state index is 12.0. The number of hydrogen-bond donors (Lipinski definition) is 1. The average Bonchev–Trinajstić information content (AvgIpc) is 2.95. The van der Waals surface area contributed by atoms with Gasteiger partial charge in [0.25, 0.3) is 5.91 Å². The van der Waals surface area contributed by atoms with Crippen LogP contribution in [-0.4, -0.2) is 18.4 Å². The van der Waals surface area contributed by atoms with Gasteiger partial charge in [0.05, 0.1) is 11.4 Å². The topological polar surface area (TPSA) is 49.4 Å². The lowest BCUT2D eigenvalue weighted by molar-refractivity contribution is -0.112. The van der Waals surface area contributed by atoms with Gasteiger partial charge in [-0.1, -0.05) is 18.2 Å². The molecule has 2 rings (SSSR count). The van der Waals surface area contributed by atoms with Crippen molar-refractivity contribution in [3.8, 4) is 0 Å². The fourth-order valence-electron chi connectivity index (χ4n) is 2.21. The largest absolute Gasteiger partial charge is 0.334 e. The van der Waals surface area contributed by atoms with Crippen molar-refractivity contribution in [1.29, 1.82) is 0 Å². The molecule has 4 nitrogen and oxygen atoms in total. The van der Waals surface area contributed by atoms with Crippen LogP contribution in [0.15, 0.2) is 41.6 Å². The summed E-state index contributed by atoms with van der Waals surface area (Å²) < 4.78 is 0. The van der Waals surface area contributed by atoms with Gasteiger partial charge in [-0.15, -0.1) is 0 Å². The Labute approximate surface area is 118 Å². The van der Waals surface area contributed by atoms with Crippen LogP contribution in [0.25, 0.3) is 0 Å². The fourth-order valence-corrected chi connectivity index (χ4v) is 2.21. The van der Waals surface area contributed by atoms with E-state index in [1.807, 2.05) is 42.0 Å². The van der Waals surface area contributed by atoms with E-state index in [9.17, 15) is 9.59 Å². The van der Waals surface area contributed by atoms with Crippen molar-refractivity contribution in [2.45, 2.75) is 26.7 Å². The van der Waals surface area contributed by atoms with E-state index in [1.165, 1.54) is 0 Å². The first-order chi connectivity index (χ1) is 9.67. The Morgan fingerprint density at radius 1 is 1.40 bits per heavy atom. The molecule has 1 aliphatic rings. The lowest BCUT2D eigenvalue weighted by Crippen LogP contribution is -2.20. The molecule has 1 aromatic carbocycles. The maximum atomic E-state index is 12.0. The van der Waals surface area contributed by atoms with E-state index in [2.05, 4.69) is 5.32 Å². The summed E-state index contributed by atoms with van der Waals surface area (Å²) in [5.74, 6) is 1.87. The summed E-state index contributed by atoms with van der Waals surface area (Å²) in [7, 11) is 0. The van der Waals surface area contributed by atoms with Gasteiger partial charge < -0.3 is 10.2 Å². The minimum absolute atomic E-state index is 0.129. The molecule has 1 heterocycles. The lowest BCUT2D eigenvalue weighted by atomic mass is 10.2. The number of allylic oxidation sites excluding steroid dienone is 2. The predicted octanol–water partition coefficient (Wildman–Crippen LogP) is 2.91. The van der Waals surface area contributed by atoms with Crippen LogP contribution in [0.3, 0.4) is 0 Å². The van der Waals surface area contributed by atoms with Crippen LogP contribution >= 0.6 is 0 Å². The molecule has 4 heteroatoms. The van der Waals surface area contributed by atoms with Gasteiger partial charge in [0, 0.05) is 18.5 Å². The normalized spacial score (nSPS) is 15.2.